The third-order valence-electron chi connectivity index (χ3n) is 2.39. The molecule has 0 fully saturated rings. The highest BCUT2D eigenvalue weighted by molar-refractivity contribution is 9.10. The van der Waals surface area contributed by atoms with Crippen LogP contribution < -0.4 is 5.32 Å². The molecule has 1 amide bonds. The molecule has 2 N–H and O–H groups in total. The lowest BCUT2D eigenvalue weighted by Crippen LogP contribution is -2.42. The first kappa shape index (κ1) is 16.9. The van der Waals surface area contributed by atoms with Gasteiger partial charge >= 0.3 is 6.09 Å². The molecule has 0 saturated carbocycles. The van der Waals surface area contributed by atoms with E-state index in [2.05, 4.69) is 26.2 Å². The van der Waals surface area contributed by atoms with Gasteiger partial charge in [-0.2, -0.15) is 0 Å². The molecular formula is C14H21BrN2O3. The maximum absolute atomic E-state index is 11.7. The number of aromatic nitrogens is 1. The van der Waals surface area contributed by atoms with E-state index in [1.807, 2.05) is 19.1 Å². The average molecular weight is 345 g/mol. The van der Waals surface area contributed by atoms with Gasteiger partial charge in [-0.25, -0.2) is 9.78 Å². The van der Waals surface area contributed by atoms with E-state index < -0.39 is 17.7 Å². The van der Waals surface area contributed by atoms with Crippen molar-refractivity contribution in [1.29, 1.82) is 0 Å². The molecule has 0 aliphatic heterocycles. The van der Waals surface area contributed by atoms with Crippen LogP contribution in [-0.4, -0.2) is 34.4 Å². The van der Waals surface area contributed by atoms with Crippen LogP contribution in [0.25, 0.3) is 0 Å². The van der Waals surface area contributed by atoms with E-state index in [1.54, 1.807) is 20.8 Å². The Morgan fingerprint density at radius 1 is 1.50 bits per heavy atom. The van der Waals surface area contributed by atoms with E-state index in [-0.39, 0.29) is 6.61 Å². The third kappa shape index (κ3) is 6.34. The molecule has 112 valence electrons. The van der Waals surface area contributed by atoms with Gasteiger partial charge in [0, 0.05) is 12.1 Å². The summed E-state index contributed by atoms with van der Waals surface area (Å²) in [6.45, 7) is 7.16. The fourth-order valence-corrected chi connectivity index (χ4v) is 2.28. The number of halogens is 1. The van der Waals surface area contributed by atoms with Crippen molar-refractivity contribution in [3.05, 3.63) is 28.0 Å². The van der Waals surface area contributed by atoms with Crippen LogP contribution in [0.5, 0.6) is 0 Å². The molecule has 1 aromatic rings. The lowest BCUT2D eigenvalue weighted by molar-refractivity contribution is 0.0482. The quantitative estimate of drug-likeness (QED) is 0.823. The Labute approximate surface area is 127 Å². The number of amides is 1. The Morgan fingerprint density at radius 3 is 2.65 bits per heavy atom. The molecule has 5 nitrogen and oxygen atoms in total. The number of nitrogens with zero attached hydrogens (tertiary/aromatic N) is 1. The summed E-state index contributed by atoms with van der Waals surface area (Å²) >= 11 is 3.33. The Kier molecular flexibility index (Phi) is 5.95. The number of hydrogen-bond donors (Lipinski definition) is 2. The minimum atomic E-state index is -0.561. The Morgan fingerprint density at radius 2 is 2.15 bits per heavy atom. The summed E-state index contributed by atoms with van der Waals surface area (Å²) in [5.41, 5.74) is 1.30. The van der Waals surface area contributed by atoms with Gasteiger partial charge in [-0.05, 0) is 61.3 Å². The standard InChI is InChI=1S/C14H21BrN2O3/c1-9-5-10(16-12(15)6-9)7-11(8-18)17-13(19)20-14(2,3)4/h5-6,11,18H,7-8H2,1-4H3,(H,17,19)/t11-/m1/s1. The third-order valence-corrected chi connectivity index (χ3v) is 2.79. The molecule has 1 aromatic heterocycles. The van der Waals surface area contributed by atoms with Crippen LogP contribution in [0.15, 0.2) is 16.7 Å². The molecule has 0 aliphatic rings. The van der Waals surface area contributed by atoms with E-state index in [0.29, 0.717) is 6.42 Å². The van der Waals surface area contributed by atoms with E-state index in [1.165, 1.54) is 0 Å². The van der Waals surface area contributed by atoms with Gasteiger partial charge in [0.15, 0.2) is 0 Å². The monoisotopic (exact) mass is 344 g/mol. The molecule has 0 aromatic carbocycles. The van der Waals surface area contributed by atoms with Crippen molar-refractivity contribution in [3.8, 4) is 0 Å². The second kappa shape index (κ2) is 7.04. The summed E-state index contributed by atoms with van der Waals surface area (Å²) in [6.07, 6.45) is -0.0981. The molecule has 0 radical (unpaired) electrons. The highest BCUT2D eigenvalue weighted by Gasteiger charge is 2.19. The van der Waals surface area contributed by atoms with Gasteiger partial charge in [0.05, 0.1) is 12.6 Å². The highest BCUT2D eigenvalue weighted by Crippen LogP contribution is 2.12. The number of aryl methyl sites for hydroxylation is 1. The first-order chi connectivity index (χ1) is 9.19. The summed E-state index contributed by atoms with van der Waals surface area (Å²) in [5.74, 6) is 0. The first-order valence-corrected chi connectivity index (χ1v) is 7.22. The van der Waals surface area contributed by atoms with Crippen LogP contribution in [0.2, 0.25) is 0 Å². The molecular weight excluding hydrogens is 324 g/mol. The predicted octanol–water partition coefficient (Wildman–Crippen LogP) is 2.58. The van der Waals surface area contributed by atoms with Gasteiger partial charge in [-0.1, -0.05) is 0 Å². The number of hydrogen-bond acceptors (Lipinski definition) is 4. The van der Waals surface area contributed by atoms with Crippen molar-refractivity contribution in [2.45, 2.75) is 45.8 Å². The molecule has 1 rings (SSSR count). The van der Waals surface area contributed by atoms with Gasteiger partial charge < -0.3 is 15.2 Å². The highest BCUT2D eigenvalue weighted by atomic mass is 79.9. The zero-order valence-electron chi connectivity index (χ0n) is 12.2. The number of nitrogens with one attached hydrogen (secondary N) is 1. The van der Waals surface area contributed by atoms with Gasteiger partial charge in [0.25, 0.3) is 0 Å². The summed E-state index contributed by atoms with van der Waals surface area (Å²) in [6, 6.07) is 3.40. The molecule has 1 atom stereocenters. The van der Waals surface area contributed by atoms with Gasteiger partial charge in [-0.3, -0.25) is 0 Å². The zero-order valence-corrected chi connectivity index (χ0v) is 13.8. The van der Waals surface area contributed by atoms with Crippen molar-refractivity contribution in [2.24, 2.45) is 0 Å². The molecule has 0 bridgehead atoms. The maximum atomic E-state index is 11.7. The number of alkyl carbamates (subject to hydrolysis) is 1. The number of rotatable bonds is 4. The Balaban J connectivity index is 2.65. The summed E-state index contributed by atoms with van der Waals surface area (Å²) in [4.78, 5) is 16.0. The number of ether oxygens (including phenoxy) is 1. The SMILES string of the molecule is Cc1cc(Br)nc(C[C@H](CO)NC(=O)OC(C)(C)C)c1. The van der Waals surface area contributed by atoms with Crippen LogP contribution in [0.3, 0.4) is 0 Å². The first-order valence-electron chi connectivity index (χ1n) is 6.43. The largest absolute Gasteiger partial charge is 0.444 e. The van der Waals surface area contributed by atoms with Crippen LogP contribution in [0.1, 0.15) is 32.0 Å². The minimum absolute atomic E-state index is 0.174. The van der Waals surface area contributed by atoms with E-state index >= 15 is 0 Å². The zero-order chi connectivity index (χ0) is 15.3. The molecule has 6 heteroatoms. The fraction of sp³-hybridized carbons (Fsp3) is 0.571. The average Bonchev–Trinajstić information content (AvgIpc) is 2.23. The lowest BCUT2D eigenvalue weighted by Gasteiger charge is -2.22. The molecule has 0 spiro atoms. The predicted molar refractivity (Wildman–Crippen MR) is 80.6 cm³/mol. The summed E-state index contributed by atoms with van der Waals surface area (Å²) in [5, 5.41) is 12.0. The van der Waals surface area contributed by atoms with E-state index in [0.717, 1.165) is 15.9 Å². The molecule has 1 heterocycles. The number of aliphatic hydroxyl groups is 1. The smallest absolute Gasteiger partial charge is 0.407 e. The number of pyridine rings is 1. The second-order valence-corrected chi connectivity index (χ2v) is 6.50. The van der Waals surface area contributed by atoms with Gasteiger partial charge in [0.2, 0.25) is 0 Å². The fourth-order valence-electron chi connectivity index (χ4n) is 1.69. The second-order valence-electron chi connectivity index (χ2n) is 5.69. The molecule has 0 aliphatic carbocycles. The minimum Gasteiger partial charge on any atom is -0.444 e. The number of aliphatic hydroxyl groups excluding tert-OH is 1. The topological polar surface area (TPSA) is 71.5 Å². The van der Waals surface area contributed by atoms with Crippen LogP contribution >= 0.6 is 15.9 Å². The van der Waals surface area contributed by atoms with Crippen molar-refractivity contribution in [2.75, 3.05) is 6.61 Å². The van der Waals surface area contributed by atoms with Crippen molar-refractivity contribution in [1.82, 2.24) is 10.3 Å². The summed E-state index contributed by atoms with van der Waals surface area (Å²) < 4.78 is 5.90. The van der Waals surface area contributed by atoms with Crippen molar-refractivity contribution < 1.29 is 14.6 Å². The lowest BCUT2D eigenvalue weighted by atomic mass is 10.1. The Hall–Kier alpha value is -1.14. The normalized spacial score (nSPS) is 12.9. The Bertz CT molecular complexity index is 452. The van der Waals surface area contributed by atoms with Crippen molar-refractivity contribution in [3.63, 3.8) is 0 Å². The van der Waals surface area contributed by atoms with Crippen LogP contribution in [0, 0.1) is 6.92 Å². The number of carbonyl (C=O) groups excluding carboxylic acids is 1. The number of carbonyl (C=O) groups is 1. The molecule has 0 unspecified atom stereocenters. The summed E-state index contributed by atoms with van der Waals surface area (Å²) in [7, 11) is 0. The van der Waals surface area contributed by atoms with Gasteiger partial charge in [0.1, 0.15) is 10.2 Å². The molecule has 20 heavy (non-hydrogen) atoms. The van der Waals surface area contributed by atoms with Crippen LogP contribution in [0.4, 0.5) is 4.79 Å². The van der Waals surface area contributed by atoms with Crippen LogP contribution in [-0.2, 0) is 11.2 Å². The van der Waals surface area contributed by atoms with Gasteiger partial charge in [-0.15, -0.1) is 0 Å². The van der Waals surface area contributed by atoms with Crippen molar-refractivity contribution >= 4 is 22.0 Å². The van der Waals surface area contributed by atoms with E-state index in [9.17, 15) is 9.90 Å². The maximum Gasteiger partial charge on any atom is 0.407 e. The molecule has 0 saturated heterocycles. The van der Waals surface area contributed by atoms with E-state index in [4.69, 9.17) is 4.74 Å².